The maximum Gasteiger partial charge on any atom is 0.243 e. The largest absolute Gasteiger partial charge is 1.00 e. The van der Waals surface area contributed by atoms with Crippen LogP contribution < -0.4 is 17.0 Å². The lowest BCUT2D eigenvalue weighted by molar-refractivity contribution is -0.671. The van der Waals surface area contributed by atoms with E-state index < -0.39 is 0 Å². The Morgan fingerprint density at radius 1 is 1.55 bits per heavy atom. The van der Waals surface area contributed by atoms with Crippen molar-refractivity contribution in [2.75, 3.05) is 6.61 Å². The molecule has 0 saturated carbocycles. The average molecular weight is 177 g/mol. The number of aliphatic hydroxyl groups is 1. The van der Waals surface area contributed by atoms with Gasteiger partial charge >= 0.3 is 0 Å². The van der Waals surface area contributed by atoms with Gasteiger partial charge in [0.25, 0.3) is 0 Å². The Kier molecular flexibility index (Phi) is 4.90. The summed E-state index contributed by atoms with van der Waals surface area (Å²) in [4.78, 5) is 0. The molecule has 0 spiro atoms. The molecule has 0 atom stereocenters. The van der Waals surface area contributed by atoms with E-state index in [0.717, 1.165) is 13.0 Å². The summed E-state index contributed by atoms with van der Waals surface area (Å²) in [7, 11) is 1.98. The van der Waals surface area contributed by atoms with Gasteiger partial charge in [-0.25, -0.2) is 9.13 Å². The van der Waals surface area contributed by atoms with Crippen molar-refractivity contribution in [2.24, 2.45) is 7.05 Å². The van der Waals surface area contributed by atoms with Gasteiger partial charge in [-0.3, -0.25) is 0 Å². The minimum absolute atomic E-state index is 0. The predicted molar refractivity (Wildman–Crippen MR) is 37.3 cm³/mol. The van der Waals surface area contributed by atoms with Gasteiger partial charge in [0, 0.05) is 13.0 Å². The Bertz CT molecular complexity index is 200. The van der Waals surface area contributed by atoms with E-state index in [1.165, 1.54) is 0 Å². The molecule has 0 bridgehead atoms. The molecule has 0 amide bonds. The Morgan fingerprint density at radius 3 is 2.73 bits per heavy atom. The molecule has 1 N–H and O–H groups in total. The number of nitrogens with zero attached hydrogens (tertiary/aromatic N) is 2. The molecular weight excluding hydrogens is 164 g/mol. The second-order valence-corrected chi connectivity index (χ2v) is 2.39. The normalized spacial score (nSPS) is 9.27. The third-order valence-electron chi connectivity index (χ3n) is 1.40. The van der Waals surface area contributed by atoms with Gasteiger partial charge in [-0.2, -0.15) is 0 Å². The van der Waals surface area contributed by atoms with E-state index in [9.17, 15) is 0 Å². The van der Waals surface area contributed by atoms with Crippen LogP contribution in [0.2, 0.25) is 0 Å². The molecule has 64 valence electrons. The lowest BCUT2D eigenvalue weighted by Gasteiger charge is -1.90. The van der Waals surface area contributed by atoms with Gasteiger partial charge in [0.15, 0.2) is 0 Å². The highest BCUT2D eigenvalue weighted by atomic mass is 35.5. The van der Waals surface area contributed by atoms with Gasteiger partial charge < -0.3 is 17.5 Å². The summed E-state index contributed by atoms with van der Waals surface area (Å²) in [5, 5.41) is 8.51. The smallest absolute Gasteiger partial charge is 0.243 e. The van der Waals surface area contributed by atoms with Gasteiger partial charge in [0.1, 0.15) is 12.4 Å². The second-order valence-electron chi connectivity index (χ2n) is 2.39. The Morgan fingerprint density at radius 2 is 2.27 bits per heavy atom. The lowest BCUT2D eigenvalue weighted by Crippen LogP contribution is -3.00. The summed E-state index contributed by atoms with van der Waals surface area (Å²) in [6, 6.07) is 0. The average Bonchev–Trinajstić information content (AvgIpc) is 2.31. The van der Waals surface area contributed by atoms with Crippen LogP contribution >= 0.6 is 0 Å². The van der Waals surface area contributed by atoms with E-state index in [0.29, 0.717) is 0 Å². The molecule has 0 aliphatic carbocycles. The second kappa shape index (κ2) is 5.16. The first-order valence-electron chi connectivity index (χ1n) is 3.45. The summed E-state index contributed by atoms with van der Waals surface area (Å²) in [5.41, 5.74) is 0. The quantitative estimate of drug-likeness (QED) is 0.481. The van der Waals surface area contributed by atoms with Crippen LogP contribution in [0.5, 0.6) is 0 Å². The molecule has 0 saturated heterocycles. The molecule has 0 radical (unpaired) electrons. The number of halogens is 1. The van der Waals surface area contributed by atoms with Crippen molar-refractivity contribution in [1.29, 1.82) is 0 Å². The molecule has 0 aliphatic heterocycles. The fraction of sp³-hybridized carbons (Fsp3) is 0.571. The lowest BCUT2D eigenvalue weighted by atomic mass is 10.4. The van der Waals surface area contributed by atoms with Crippen molar-refractivity contribution in [3.8, 4) is 0 Å². The van der Waals surface area contributed by atoms with Crippen LogP contribution in [0.1, 0.15) is 6.42 Å². The number of imidazole rings is 1. The maximum absolute atomic E-state index is 8.51. The van der Waals surface area contributed by atoms with Gasteiger partial charge in [-0.15, -0.1) is 0 Å². The molecule has 0 unspecified atom stereocenters. The first-order valence-corrected chi connectivity index (χ1v) is 3.45. The van der Waals surface area contributed by atoms with Crippen molar-refractivity contribution in [3.05, 3.63) is 18.7 Å². The maximum atomic E-state index is 8.51. The molecule has 4 heteroatoms. The van der Waals surface area contributed by atoms with Crippen molar-refractivity contribution < 1.29 is 22.1 Å². The van der Waals surface area contributed by atoms with E-state index in [2.05, 4.69) is 4.57 Å². The zero-order valence-electron chi connectivity index (χ0n) is 6.57. The number of aliphatic hydroxyl groups excluding tert-OH is 1. The Balaban J connectivity index is 0.000001000. The molecule has 3 nitrogen and oxygen atoms in total. The van der Waals surface area contributed by atoms with Crippen LogP contribution in [0.4, 0.5) is 0 Å². The topological polar surface area (TPSA) is 29.0 Å². The SMILES string of the molecule is C[n+]1ccn(CCCO)c1.[Cl-]. The van der Waals surface area contributed by atoms with Gasteiger partial charge in [-0.05, 0) is 0 Å². The molecular formula is C7H13ClN2O. The molecule has 0 aromatic carbocycles. The Labute approximate surface area is 72.7 Å². The number of hydrogen-bond donors (Lipinski definition) is 1. The molecule has 1 heterocycles. The number of hydrogen-bond acceptors (Lipinski definition) is 1. The molecule has 0 aliphatic rings. The molecule has 11 heavy (non-hydrogen) atoms. The van der Waals surface area contributed by atoms with Crippen molar-refractivity contribution >= 4 is 0 Å². The van der Waals surface area contributed by atoms with Crippen LogP contribution in [0.25, 0.3) is 0 Å². The molecule has 1 aromatic rings. The van der Waals surface area contributed by atoms with Crippen LogP contribution in [-0.4, -0.2) is 16.3 Å². The summed E-state index contributed by atoms with van der Waals surface area (Å²) >= 11 is 0. The van der Waals surface area contributed by atoms with E-state index in [4.69, 9.17) is 5.11 Å². The zero-order chi connectivity index (χ0) is 7.40. The van der Waals surface area contributed by atoms with Crippen molar-refractivity contribution in [3.63, 3.8) is 0 Å². The predicted octanol–water partition coefficient (Wildman–Crippen LogP) is -3.30. The first kappa shape index (κ1) is 10.5. The van der Waals surface area contributed by atoms with Crippen molar-refractivity contribution in [2.45, 2.75) is 13.0 Å². The molecule has 1 rings (SSSR count). The minimum Gasteiger partial charge on any atom is -1.00 e. The highest BCUT2D eigenvalue weighted by molar-refractivity contribution is 4.65. The van der Waals surface area contributed by atoms with E-state index in [1.54, 1.807) is 0 Å². The van der Waals surface area contributed by atoms with Crippen LogP contribution in [-0.2, 0) is 13.6 Å². The third kappa shape index (κ3) is 3.39. The van der Waals surface area contributed by atoms with E-state index >= 15 is 0 Å². The monoisotopic (exact) mass is 176 g/mol. The minimum atomic E-state index is 0. The number of aryl methyl sites for hydroxylation is 2. The van der Waals surface area contributed by atoms with Crippen LogP contribution in [0.3, 0.4) is 0 Å². The first-order chi connectivity index (χ1) is 4.83. The van der Waals surface area contributed by atoms with E-state index in [-0.39, 0.29) is 19.0 Å². The number of rotatable bonds is 3. The highest BCUT2D eigenvalue weighted by Gasteiger charge is 1.96. The summed E-state index contributed by atoms with van der Waals surface area (Å²) in [6.07, 6.45) is 6.80. The van der Waals surface area contributed by atoms with Gasteiger partial charge in [-0.1, -0.05) is 0 Å². The summed E-state index contributed by atoms with van der Waals surface area (Å²) in [6.45, 7) is 1.17. The fourth-order valence-corrected chi connectivity index (χ4v) is 0.887. The van der Waals surface area contributed by atoms with E-state index in [1.807, 2.05) is 30.3 Å². The Hall–Kier alpha value is -0.540. The van der Waals surface area contributed by atoms with Crippen LogP contribution in [0, 0.1) is 0 Å². The zero-order valence-corrected chi connectivity index (χ0v) is 7.33. The van der Waals surface area contributed by atoms with Crippen molar-refractivity contribution in [1.82, 2.24) is 4.57 Å². The summed E-state index contributed by atoms with van der Waals surface area (Å²) < 4.78 is 4.04. The molecule has 0 fully saturated rings. The van der Waals surface area contributed by atoms with Gasteiger partial charge in [0.2, 0.25) is 6.33 Å². The van der Waals surface area contributed by atoms with Crippen LogP contribution in [0.15, 0.2) is 18.7 Å². The van der Waals surface area contributed by atoms with Gasteiger partial charge in [0.05, 0.1) is 13.6 Å². The third-order valence-corrected chi connectivity index (χ3v) is 1.40. The standard InChI is InChI=1S/C7H13N2O.ClH/c1-8-4-5-9(7-8)3-2-6-10;/h4-5,7,10H,2-3,6H2,1H3;1H/q+1;/p-1. The highest BCUT2D eigenvalue weighted by Crippen LogP contribution is 1.86. The fourth-order valence-electron chi connectivity index (χ4n) is 0.887. The summed E-state index contributed by atoms with van der Waals surface area (Å²) in [5.74, 6) is 0. The molecule has 1 aromatic heterocycles. The number of aromatic nitrogens is 2.